The maximum absolute atomic E-state index is 13.3. The summed E-state index contributed by atoms with van der Waals surface area (Å²) in [6, 6.07) is 6.13. The van der Waals surface area contributed by atoms with Crippen LogP contribution in [0.15, 0.2) is 41.4 Å². The third-order valence-electron chi connectivity index (χ3n) is 2.36. The summed E-state index contributed by atoms with van der Waals surface area (Å²) in [7, 11) is -3.87. The van der Waals surface area contributed by atoms with Crippen molar-refractivity contribution in [2.24, 2.45) is 5.84 Å². The SMILES string of the molecule is NNc1cc(S(=O)(=O)Nc2ccc(Cl)c(F)c2)ccn1. The molecule has 0 atom stereocenters. The van der Waals surface area contributed by atoms with Crippen molar-refractivity contribution in [3.05, 3.63) is 47.4 Å². The van der Waals surface area contributed by atoms with Crippen LogP contribution in [0.2, 0.25) is 5.02 Å². The van der Waals surface area contributed by atoms with Gasteiger partial charge in [0.2, 0.25) is 0 Å². The fraction of sp³-hybridized carbons (Fsp3) is 0. The Hall–Kier alpha value is -1.90. The first kappa shape index (κ1) is 14.5. The van der Waals surface area contributed by atoms with Crippen LogP contribution < -0.4 is 16.0 Å². The van der Waals surface area contributed by atoms with E-state index in [1.807, 2.05) is 0 Å². The first-order valence-corrected chi connectivity index (χ1v) is 7.19. The minimum atomic E-state index is -3.87. The van der Waals surface area contributed by atoms with E-state index in [-0.39, 0.29) is 21.4 Å². The Labute approximate surface area is 119 Å². The van der Waals surface area contributed by atoms with Crippen molar-refractivity contribution in [2.75, 3.05) is 10.1 Å². The number of nitrogens with two attached hydrogens (primary N) is 1. The number of nitrogen functional groups attached to an aromatic ring is 1. The molecule has 0 aliphatic rings. The van der Waals surface area contributed by atoms with Crippen molar-refractivity contribution in [2.45, 2.75) is 4.90 Å². The third kappa shape index (κ3) is 3.16. The number of pyridine rings is 1. The summed E-state index contributed by atoms with van der Waals surface area (Å²) < 4.78 is 39.7. The number of anilines is 2. The van der Waals surface area contributed by atoms with Crippen molar-refractivity contribution in [3.63, 3.8) is 0 Å². The molecule has 1 aromatic heterocycles. The molecular weight excluding hydrogens is 307 g/mol. The molecule has 0 aliphatic heterocycles. The molecule has 1 heterocycles. The Balaban J connectivity index is 2.32. The second-order valence-corrected chi connectivity index (χ2v) is 5.85. The van der Waals surface area contributed by atoms with Gasteiger partial charge in [0.25, 0.3) is 10.0 Å². The number of halogens is 2. The number of aromatic nitrogens is 1. The van der Waals surface area contributed by atoms with Gasteiger partial charge in [-0.1, -0.05) is 11.6 Å². The Morgan fingerprint density at radius 3 is 2.65 bits per heavy atom. The Bertz CT molecular complexity index is 739. The van der Waals surface area contributed by atoms with Crippen LogP contribution in [0, 0.1) is 5.82 Å². The van der Waals surface area contributed by atoms with Crippen molar-refractivity contribution in [1.82, 2.24) is 4.98 Å². The van der Waals surface area contributed by atoms with E-state index < -0.39 is 15.8 Å². The maximum Gasteiger partial charge on any atom is 0.262 e. The van der Waals surface area contributed by atoms with Crippen molar-refractivity contribution >= 4 is 33.1 Å². The van der Waals surface area contributed by atoms with E-state index in [1.165, 1.54) is 30.5 Å². The molecule has 0 fully saturated rings. The van der Waals surface area contributed by atoms with Gasteiger partial charge < -0.3 is 5.43 Å². The van der Waals surface area contributed by atoms with E-state index in [4.69, 9.17) is 17.4 Å². The monoisotopic (exact) mass is 316 g/mol. The molecule has 1 aromatic carbocycles. The normalized spacial score (nSPS) is 11.2. The Kier molecular flexibility index (Phi) is 4.07. The molecule has 0 saturated carbocycles. The zero-order valence-corrected chi connectivity index (χ0v) is 11.5. The first-order valence-electron chi connectivity index (χ1n) is 5.33. The van der Waals surface area contributed by atoms with Crippen molar-refractivity contribution < 1.29 is 12.8 Å². The first-order chi connectivity index (χ1) is 9.42. The molecule has 106 valence electrons. The molecule has 0 amide bonds. The molecule has 0 aliphatic carbocycles. The van der Waals surface area contributed by atoms with E-state index in [0.29, 0.717) is 0 Å². The number of sulfonamides is 1. The standard InChI is InChI=1S/C11H10ClFN4O2S/c12-9-2-1-7(5-10(9)13)17-20(18,19)8-3-4-15-11(6-8)16-14/h1-6,17H,14H2,(H,15,16). The lowest BCUT2D eigenvalue weighted by molar-refractivity contribution is 0.601. The fourth-order valence-electron chi connectivity index (χ4n) is 1.43. The Morgan fingerprint density at radius 2 is 2.00 bits per heavy atom. The van der Waals surface area contributed by atoms with Crippen molar-refractivity contribution in [3.8, 4) is 0 Å². The van der Waals surface area contributed by atoms with E-state index in [1.54, 1.807) is 0 Å². The molecule has 20 heavy (non-hydrogen) atoms. The summed E-state index contributed by atoms with van der Waals surface area (Å²) in [6.07, 6.45) is 1.28. The topological polar surface area (TPSA) is 97.1 Å². The summed E-state index contributed by atoms with van der Waals surface area (Å²) in [5.41, 5.74) is 2.30. The summed E-state index contributed by atoms with van der Waals surface area (Å²) in [6.45, 7) is 0. The van der Waals surface area contributed by atoms with Crippen LogP contribution >= 0.6 is 11.6 Å². The molecule has 4 N–H and O–H groups in total. The van der Waals surface area contributed by atoms with Gasteiger partial charge in [0.15, 0.2) is 0 Å². The highest BCUT2D eigenvalue weighted by atomic mass is 35.5. The molecule has 9 heteroatoms. The number of hydrogen-bond donors (Lipinski definition) is 3. The molecule has 0 radical (unpaired) electrons. The number of benzene rings is 1. The van der Waals surface area contributed by atoms with Gasteiger partial charge in [-0.15, -0.1) is 0 Å². The molecule has 6 nitrogen and oxygen atoms in total. The average Bonchev–Trinajstić information content (AvgIpc) is 2.43. The van der Waals surface area contributed by atoms with Gasteiger partial charge >= 0.3 is 0 Å². The third-order valence-corrected chi connectivity index (χ3v) is 4.05. The summed E-state index contributed by atoms with van der Waals surface area (Å²) in [5, 5.41) is -0.0912. The number of rotatable bonds is 4. The van der Waals surface area contributed by atoms with Crippen molar-refractivity contribution in [1.29, 1.82) is 0 Å². The number of nitrogens with one attached hydrogen (secondary N) is 2. The van der Waals surface area contributed by atoms with Gasteiger partial charge in [-0.2, -0.15) is 0 Å². The van der Waals surface area contributed by atoms with E-state index in [2.05, 4.69) is 15.1 Å². The highest BCUT2D eigenvalue weighted by Crippen LogP contribution is 2.22. The fourth-order valence-corrected chi connectivity index (χ4v) is 2.61. The quantitative estimate of drug-likeness (QED) is 0.592. The molecule has 2 aromatic rings. The zero-order valence-electron chi connectivity index (χ0n) is 9.97. The molecule has 0 bridgehead atoms. The van der Waals surface area contributed by atoms with Gasteiger partial charge in [-0.3, -0.25) is 4.72 Å². The van der Waals surface area contributed by atoms with E-state index in [0.717, 1.165) is 6.07 Å². The van der Waals surface area contributed by atoms with Gasteiger partial charge in [0.05, 0.1) is 15.6 Å². The van der Waals surface area contributed by atoms with Gasteiger partial charge in [0.1, 0.15) is 11.6 Å². The van der Waals surface area contributed by atoms with Crippen LogP contribution in [0.4, 0.5) is 15.9 Å². The van der Waals surface area contributed by atoms with Crippen LogP contribution in [0.1, 0.15) is 0 Å². The second-order valence-electron chi connectivity index (χ2n) is 3.76. The lowest BCUT2D eigenvalue weighted by Gasteiger charge is -2.09. The minimum Gasteiger partial charge on any atom is -0.308 e. The molecule has 0 spiro atoms. The second kappa shape index (κ2) is 5.61. The van der Waals surface area contributed by atoms with E-state index in [9.17, 15) is 12.8 Å². The minimum absolute atomic E-state index is 0.0594. The van der Waals surface area contributed by atoms with Gasteiger partial charge in [0, 0.05) is 12.3 Å². The maximum atomic E-state index is 13.3. The van der Waals surface area contributed by atoms with Crippen LogP contribution in [-0.4, -0.2) is 13.4 Å². The molecule has 2 rings (SSSR count). The predicted molar refractivity (Wildman–Crippen MR) is 74.3 cm³/mol. The van der Waals surface area contributed by atoms with E-state index >= 15 is 0 Å². The summed E-state index contributed by atoms with van der Waals surface area (Å²) in [5.74, 6) is 4.63. The summed E-state index contributed by atoms with van der Waals surface area (Å²) >= 11 is 5.53. The lowest BCUT2D eigenvalue weighted by Crippen LogP contribution is -2.15. The molecule has 0 unspecified atom stereocenters. The molecular formula is C11H10ClFN4O2S. The number of nitrogens with zero attached hydrogens (tertiary/aromatic N) is 1. The van der Waals surface area contributed by atoms with Gasteiger partial charge in [-0.05, 0) is 24.3 Å². The number of hydrazine groups is 1. The zero-order chi connectivity index (χ0) is 14.8. The lowest BCUT2D eigenvalue weighted by atomic mass is 10.3. The summed E-state index contributed by atoms with van der Waals surface area (Å²) in [4.78, 5) is 3.74. The highest BCUT2D eigenvalue weighted by Gasteiger charge is 2.15. The largest absolute Gasteiger partial charge is 0.308 e. The van der Waals surface area contributed by atoms with Gasteiger partial charge in [-0.25, -0.2) is 23.6 Å². The molecule has 0 saturated heterocycles. The van der Waals surface area contributed by atoms with Crippen LogP contribution in [0.5, 0.6) is 0 Å². The smallest absolute Gasteiger partial charge is 0.262 e. The average molecular weight is 317 g/mol. The van der Waals surface area contributed by atoms with Crippen LogP contribution in [0.25, 0.3) is 0 Å². The predicted octanol–water partition coefficient (Wildman–Crippen LogP) is 1.96. The highest BCUT2D eigenvalue weighted by molar-refractivity contribution is 7.92. The Morgan fingerprint density at radius 1 is 1.25 bits per heavy atom. The van der Waals surface area contributed by atoms with Crippen LogP contribution in [0.3, 0.4) is 0 Å². The number of hydrogen-bond acceptors (Lipinski definition) is 5. The van der Waals surface area contributed by atoms with Crippen LogP contribution in [-0.2, 0) is 10.0 Å².